The van der Waals surface area contributed by atoms with E-state index in [4.69, 9.17) is 9.47 Å². The molecule has 0 aromatic heterocycles. The van der Waals surface area contributed by atoms with Gasteiger partial charge in [0, 0.05) is 0 Å². The monoisotopic (exact) mass is 264 g/mol. The summed E-state index contributed by atoms with van der Waals surface area (Å²) < 4.78 is 10.3. The maximum absolute atomic E-state index is 11.5. The van der Waals surface area contributed by atoms with Crippen molar-refractivity contribution < 1.29 is 14.3 Å². The van der Waals surface area contributed by atoms with Crippen LogP contribution >= 0.6 is 0 Å². The number of hydrogen-bond donors (Lipinski definition) is 0. The molecule has 0 fully saturated rings. The van der Waals surface area contributed by atoms with Crippen LogP contribution in [0.3, 0.4) is 0 Å². The highest BCUT2D eigenvalue weighted by Gasteiger charge is 2.11. The highest BCUT2D eigenvalue weighted by molar-refractivity contribution is 5.60. The van der Waals surface area contributed by atoms with Crippen LogP contribution in [-0.2, 0) is 9.47 Å². The molecular formula is C16H24O3. The van der Waals surface area contributed by atoms with Gasteiger partial charge < -0.3 is 9.47 Å². The SMILES string of the molecule is CCCCCCCOC(=O)OC(C)c1ccccc1. The molecular weight excluding hydrogens is 240 g/mol. The number of unbranched alkanes of at least 4 members (excludes halogenated alkanes) is 4. The molecule has 0 saturated carbocycles. The third-order valence-electron chi connectivity index (χ3n) is 3.01. The topological polar surface area (TPSA) is 35.5 Å². The maximum atomic E-state index is 11.5. The van der Waals surface area contributed by atoms with Crippen molar-refractivity contribution in [3.05, 3.63) is 35.9 Å². The first-order chi connectivity index (χ1) is 9.24. The molecule has 0 N–H and O–H groups in total. The van der Waals surface area contributed by atoms with Gasteiger partial charge in [-0.25, -0.2) is 4.79 Å². The normalized spacial score (nSPS) is 11.9. The van der Waals surface area contributed by atoms with Gasteiger partial charge in [0.05, 0.1) is 6.61 Å². The number of benzene rings is 1. The predicted molar refractivity (Wildman–Crippen MR) is 76.0 cm³/mol. The quantitative estimate of drug-likeness (QED) is 0.496. The summed E-state index contributed by atoms with van der Waals surface area (Å²) in [6.45, 7) is 4.47. The summed E-state index contributed by atoms with van der Waals surface area (Å²) in [5, 5.41) is 0. The Balaban J connectivity index is 2.14. The average Bonchev–Trinajstić information content (AvgIpc) is 2.43. The van der Waals surface area contributed by atoms with Crippen molar-refractivity contribution in [1.29, 1.82) is 0 Å². The Kier molecular flexibility index (Phi) is 7.71. The van der Waals surface area contributed by atoms with Crippen molar-refractivity contribution in [3.63, 3.8) is 0 Å². The number of ether oxygens (including phenoxy) is 2. The van der Waals surface area contributed by atoms with Crippen molar-refractivity contribution in [3.8, 4) is 0 Å². The first-order valence-electron chi connectivity index (χ1n) is 7.12. The zero-order chi connectivity index (χ0) is 13.9. The fraction of sp³-hybridized carbons (Fsp3) is 0.562. The van der Waals surface area contributed by atoms with Crippen LogP contribution in [0.15, 0.2) is 30.3 Å². The fourth-order valence-electron chi connectivity index (χ4n) is 1.83. The second kappa shape index (κ2) is 9.42. The first kappa shape index (κ1) is 15.5. The van der Waals surface area contributed by atoms with Crippen molar-refractivity contribution >= 4 is 6.16 Å². The third-order valence-corrected chi connectivity index (χ3v) is 3.01. The van der Waals surface area contributed by atoms with Crippen molar-refractivity contribution in [1.82, 2.24) is 0 Å². The standard InChI is InChI=1S/C16H24O3/c1-3-4-5-6-10-13-18-16(17)19-14(2)15-11-8-7-9-12-15/h7-9,11-12,14H,3-6,10,13H2,1-2H3. The summed E-state index contributed by atoms with van der Waals surface area (Å²) in [5.41, 5.74) is 0.974. The molecule has 1 unspecified atom stereocenters. The van der Waals surface area contributed by atoms with Crippen LogP contribution < -0.4 is 0 Å². The lowest BCUT2D eigenvalue weighted by Gasteiger charge is -2.13. The minimum absolute atomic E-state index is 0.270. The van der Waals surface area contributed by atoms with E-state index in [0.29, 0.717) is 6.61 Å². The zero-order valence-corrected chi connectivity index (χ0v) is 11.9. The summed E-state index contributed by atoms with van der Waals surface area (Å²) in [7, 11) is 0. The van der Waals surface area contributed by atoms with Crippen LogP contribution in [0.1, 0.15) is 57.6 Å². The van der Waals surface area contributed by atoms with Gasteiger partial charge in [-0.05, 0) is 18.9 Å². The van der Waals surface area contributed by atoms with E-state index in [1.54, 1.807) is 0 Å². The summed E-state index contributed by atoms with van der Waals surface area (Å²) in [6.07, 6.45) is 4.84. The van der Waals surface area contributed by atoms with E-state index in [2.05, 4.69) is 6.92 Å². The van der Waals surface area contributed by atoms with Gasteiger partial charge in [-0.15, -0.1) is 0 Å². The second-order valence-electron chi connectivity index (χ2n) is 4.68. The molecule has 0 radical (unpaired) electrons. The van der Waals surface area contributed by atoms with E-state index in [9.17, 15) is 4.79 Å². The lowest BCUT2D eigenvalue weighted by molar-refractivity contribution is 0.0277. The maximum Gasteiger partial charge on any atom is 0.508 e. The van der Waals surface area contributed by atoms with E-state index >= 15 is 0 Å². The molecule has 3 heteroatoms. The summed E-state index contributed by atoms with van der Waals surface area (Å²) in [5.74, 6) is 0. The number of hydrogen-bond acceptors (Lipinski definition) is 3. The highest BCUT2D eigenvalue weighted by atomic mass is 16.7. The zero-order valence-electron chi connectivity index (χ0n) is 11.9. The van der Waals surface area contributed by atoms with Gasteiger partial charge in [-0.2, -0.15) is 0 Å². The number of rotatable bonds is 8. The molecule has 19 heavy (non-hydrogen) atoms. The molecule has 106 valence electrons. The number of carbonyl (C=O) groups is 1. The van der Waals surface area contributed by atoms with E-state index in [-0.39, 0.29) is 6.10 Å². The van der Waals surface area contributed by atoms with Crippen LogP contribution in [0.2, 0.25) is 0 Å². The molecule has 0 aliphatic carbocycles. The lowest BCUT2D eigenvalue weighted by Crippen LogP contribution is -2.11. The molecule has 1 aromatic rings. The molecule has 0 aliphatic rings. The summed E-state index contributed by atoms with van der Waals surface area (Å²) in [4.78, 5) is 11.5. The highest BCUT2D eigenvalue weighted by Crippen LogP contribution is 2.16. The van der Waals surface area contributed by atoms with Crippen LogP contribution in [-0.4, -0.2) is 12.8 Å². The molecule has 0 aliphatic heterocycles. The molecule has 0 spiro atoms. The van der Waals surface area contributed by atoms with Gasteiger partial charge in [0.2, 0.25) is 0 Å². The number of carbonyl (C=O) groups excluding carboxylic acids is 1. The lowest BCUT2D eigenvalue weighted by atomic mass is 10.1. The van der Waals surface area contributed by atoms with E-state index in [1.165, 1.54) is 19.3 Å². The third kappa shape index (κ3) is 6.85. The van der Waals surface area contributed by atoms with Gasteiger partial charge in [-0.1, -0.05) is 62.9 Å². The van der Waals surface area contributed by atoms with E-state index in [0.717, 1.165) is 18.4 Å². The Labute approximate surface area is 115 Å². The van der Waals surface area contributed by atoms with Gasteiger partial charge in [0.15, 0.2) is 0 Å². The molecule has 0 saturated heterocycles. The summed E-state index contributed by atoms with van der Waals surface area (Å²) in [6, 6.07) is 9.65. The van der Waals surface area contributed by atoms with Gasteiger partial charge in [0.25, 0.3) is 0 Å². The van der Waals surface area contributed by atoms with Gasteiger partial charge >= 0.3 is 6.16 Å². The van der Waals surface area contributed by atoms with Crippen LogP contribution in [0.5, 0.6) is 0 Å². The van der Waals surface area contributed by atoms with Crippen molar-refractivity contribution in [2.24, 2.45) is 0 Å². The Bertz CT molecular complexity index is 348. The molecule has 1 aromatic carbocycles. The second-order valence-corrected chi connectivity index (χ2v) is 4.68. The fourth-order valence-corrected chi connectivity index (χ4v) is 1.83. The first-order valence-corrected chi connectivity index (χ1v) is 7.12. The Morgan fingerprint density at radius 1 is 1.11 bits per heavy atom. The largest absolute Gasteiger partial charge is 0.508 e. The molecule has 0 bridgehead atoms. The minimum Gasteiger partial charge on any atom is -0.434 e. The molecule has 1 rings (SSSR count). The van der Waals surface area contributed by atoms with Gasteiger partial charge in [0.1, 0.15) is 6.10 Å². The Morgan fingerprint density at radius 3 is 2.47 bits per heavy atom. The predicted octanol–water partition coefficient (Wildman–Crippen LogP) is 4.87. The average molecular weight is 264 g/mol. The van der Waals surface area contributed by atoms with Crippen LogP contribution in [0.25, 0.3) is 0 Å². The van der Waals surface area contributed by atoms with Crippen LogP contribution in [0.4, 0.5) is 4.79 Å². The summed E-state index contributed by atoms with van der Waals surface area (Å²) >= 11 is 0. The smallest absolute Gasteiger partial charge is 0.434 e. The molecule has 0 amide bonds. The Hall–Kier alpha value is -1.51. The minimum atomic E-state index is -0.577. The van der Waals surface area contributed by atoms with E-state index < -0.39 is 6.16 Å². The molecule has 3 nitrogen and oxygen atoms in total. The molecule has 1 atom stereocenters. The van der Waals surface area contributed by atoms with Crippen molar-refractivity contribution in [2.45, 2.75) is 52.1 Å². The Morgan fingerprint density at radius 2 is 1.79 bits per heavy atom. The van der Waals surface area contributed by atoms with Crippen LogP contribution in [0, 0.1) is 0 Å². The van der Waals surface area contributed by atoms with Crippen molar-refractivity contribution in [2.75, 3.05) is 6.61 Å². The molecule has 0 heterocycles. The van der Waals surface area contributed by atoms with Gasteiger partial charge in [-0.3, -0.25) is 0 Å². The van der Waals surface area contributed by atoms with E-state index in [1.807, 2.05) is 37.3 Å².